The Labute approximate surface area is 173 Å². The first-order valence-corrected chi connectivity index (χ1v) is 10.3. The number of benzene rings is 1. The van der Waals surface area contributed by atoms with Crippen LogP contribution in [-0.2, 0) is 16.1 Å². The highest BCUT2D eigenvalue weighted by Gasteiger charge is 2.28. The Morgan fingerprint density at radius 3 is 2.62 bits per heavy atom. The predicted molar refractivity (Wildman–Crippen MR) is 110 cm³/mol. The molecule has 0 bridgehead atoms. The van der Waals surface area contributed by atoms with E-state index in [9.17, 15) is 14.4 Å². The van der Waals surface area contributed by atoms with Crippen LogP contribution in [0, 0.1) is 12.8 Å². The highest BCUT2D eigenvalue weighted by Crippen LogP contribution is 2.21. The maximum Gasteiger partial charge on any atom is 0.339 e. The van der Waals surface area contributed by atoms with Crippen molar-refractivity contribution < 1.29 is 19.1 Å². The molecule has 0 radical (unpaired) electrons. The Hall–Kier alpha value is -2.94. The second-order valence-corrected chi connectivity index (χ2v) is 7.87. The van der Waals surface area contributed by atoms with Gasteiger partial charge < -0.3 is 20.3 Å². The molecule has 0 saturated carbocycles. The van der Waals surface area contributed by atoms with Crippen molar-refractivity contribution in [1.29, 1.82) is 0 Å². The number of aryl methyl sites for hydroxylation is 1. The fraction of sp³-hybridized carbons (Fsp3) is 0.400. The number of ether oxygens (including phenoxy) is 1. The van der Waals surface area contributed by atoms with Crippen molar-refractivity contribution in [2.24, 2.45) is 5.92 Å². The number of carbonyl (C=O) groups is 3. The molecule has 2 N–H and O–H groups in total. The average Bonchev–Trinajstić information content (AvgIpc) is 3.17. The number of nitrogens with zero attached hydrogens (tertiary/aromatic N) is 2. The molecule has 3 amide bonds. The lowest BCUT2D eigenvalue weighted by molar-refractivity contribution is -0.126. The standard InChI is InChI=1S/C20H24N4O4S/c1-13-22-15(12-29-13)11-21-18(25)14-7-9-24(10-8-14)20(27)23-17-6-4-3-5-16(17)19(26)28-2/h3-6,12,14H,7-11H2,1-2H3,(H,21,25)(H,23,27). The zero-order valence-electron chi connectivity index (χ0n) is 16.4. The molecule has 2 heterocycles. The number of hydrogen-bond acceptors (Lipinski definition) is 6. The molecular weight excluding hydrogens is 392 g/mol. The zero-order chi connectivity index (χ0) is 20.8. The molecule has 1 saturated heterocycles. The van der Waals surface area contributed by atoms with Gasteiger partial charge in [-0.15, -0.1) is 11.3 Å². The first-order chi connectivity index (χ1) is 14.0. The maximum absolute atomic E-state index is 12.6. The van der Waals surface area contributed by atoms with Gasteiger partial charge >= 0.3 is 12.0 Å². The zero-order valence-corrected chi connectivity index (χ0v) is 17.3. The molecule has 29 heavy (non-hydrogen) atoms. The lowest BCUT2D eigenvalue weighted by atomic mass is 9.96. The number of rotatable bonds is 5. The molecule has 154 valence electrons. The predicted octanol–water partition coefficient (Wildman–Crippen LogP) is 2.80. The number of thiazole rings is 1. The third-order valence-electron chi connectivity index (χ3n) is 4.84. The van der Waals surface area contributed by atoms with Crippen molar-refractivity contribution in [1.82, 2.24) is 15.2 Å². The summed E-state index contributed by atoms with van der Waals surface area (Å²) >= 11 is 1.56. The number of anilines is 1. The van der Waals surface area contributed by atoms with Gasteiger partial charge in [0.15, 0.2) is 0 Å². The normalized spacial score (nSPS) is 14.3. The smallest absolute Gasteiger partial charge is 0.339 e. The molecule has 1 aromatic carbocycles. The molecule has 0 atom stereocenters. The Bertz CT molecular complexity index is 890. The summed E-state index contributed by atoms with van der Waals surface area (Å²) in [5.74, 6) is -0.639. The maximum atomic E-state index is 12.6. The highest BCUT2D eigenvalue weighted by molar-refractivity contribution is 7.09. The largest absolute Gasteiger partial charge is 0.465 e. The number of urea groups is 1. The summed E-state index contributed by atoms with van der Waals surface area (Å²) in [5.41, 5.74) is 1.57. The first kappa shape index (κ1) is 20.8. The number of methoxy groups -OCH3 is 1. The first-order valence-electron chi connectivity index (χ1n) is 9.40. The van der Waals surface area contributed by atoms with Crippen LogP contribution in [-0.4, -0.2) is 48.0 Å². The summed E-state index contributed by atoms with van der Waals surface area (Å²) in [7, 11) is 1.30. The summed E-state index contributed by atoms with van der Waals surface area (Å²) in [6, 6.07) is 6.41. The van der Waals surface area contributed by atoms with Crippen LogP contribution in [0.2, 0.25) is 0 Å². The molecular formula is C20H24N4O4S. The second-order valence-electron chi connectivity index (χ2n) is 6.80. The Morgan fingerprint density at radius 1 is 1.24 bits per heavy atom. The molecule has 0 unspecified atom stereocenters. The second kappa shape index (κ2) is 9.51. The van der Waals surface area contributed by atoms with Crippen LogP contribution in [0.15, 0.2) is 29.6 Å². The SMILES string of the molecule is COC(=O)c1ccccc1NC(=O)N1CCC(C(=O)NCc2csc(C)n2)CC1. The monoisotopic (exact) mass is 416 g/mol. The number of amides is 3. The van der Waals surface area contributed by atoms with Gasteiger partial charge in [0.1, 0.15) is 0 Å². The lowest BCUT2D eigenvalue weighted by Crippen LogP contribution is -2.44. The fourth-order valence-corrected chi connectivity index (χ4v) is 3.84. The number of piperidine rings is 1. The van der Waals surface area contributed by atoms with E-state index in [1.165, 1.54) is 7.11 Å². The third-order valence-corrected chi connectivity index (χ3v) is 5.66. The van der Waals surface area contributed by atoms with Crippen molar-refractivity contribution in [3.63, 3.8) is 0 Å². The summed E-state index contributed by atoms with van der Waals surface area (Å²) in [6.45, 7) is 3.30. The van der Waals surface area contributed by atoms with E-state index >= 15 is 0 Å². The van der Waals surface area contributed by atoms with Crippen LogP contribution in [0.3, 0.4) is 0 Å². The summed E-state index contributed by atoms with van der Waals surface area (Å²) in [5, 5.41) is 8.61. The number of likely N-dealkylation sites (tertiary alicyclic amines) is 1. The quantitative estimate of drug-likeness (QED) is 0.730. The van der Waals surface area contributed by atoms with Crippen molar-refractivity contribution in [2.45, 2.75) is 26.3 Å². The van der Waals surface area contributed by atoms with Gasteiger partial charge in [-0.2, -0.15) is 0 Å². The third kappa shape index (κ3) is 5.32. The molecule has 0 aliphatic carbocycles. The van der Waals surface area contributed by atoms with Gasteiger partial charge in [-0.1, -0.05) is 12.1 Å². The number of carbonyl (C=O) groups excluding carboxylic acids is 3. The van der Waals surface area contributed by atoms with E-state index in [2.05, 4.69) is 15.6 Å². The molecule has 1 aromatic heterocycles. The van der Waals surface area contributed by atoms with E-state index in [4.69, 9.17) is 4.74 Å². The van der Waals surface area contributed by atoms with Crippen molar-refractivity contribution >= 4 is 34.9 Å². The van der Waals surface area contributed by atoms with Gasteiger partial charge in [0.2, 0.25) is 5.91 Å². The van der Waals surface area contributed by atoms with Crippen LogP contribution < -0.4 is 10.6 Å². The van der Waals surface area contributed by atoms with Gasteiger partial charge in [0.25, 0.3) is 0 Å². The molecule has 8 nitrogen and oxygen atoms in total. The molecule has 1 fully saturated rings. The highest BCUT2D eigenvalue weighted by atomic mass is 32.1. The van der Waals surface area contributed by atoms with E-state index in [0.717, 1.165) is 10.7 Å². The lowest BCUT2D eigenvalue weighted by Gasteiger charge is -2.31. The Balaban J connectivity index is 1.49. The molecule has 9 heteroatoms. The van der Waals surface area contributed by atoms with Crippen LogP contribution in [0.4, 0.5) is 10.5 Å². The molecule has 3 rings (SSSR count). The van der Waals surface area contributed by atoms with Crippen molar-refractivity contribution in [2.75, 3.05) is 25.5 Å². The Kier molecular flexibility index (Phi) is 6.82. The number of esters is 1. The molecule has 1 aliphatic rings. The van der Waals surface area contributed by atoms with E-state index < -0.39 is 5.97 Å². The van der Waals surface area contributed by atoms with Crippen LogP contribution in [0.5, 0.6) is 0 Å². The minimum Gasteiger partial charge on any atom is -0.465 e. The minimum absolute atomic E-state index is 0.00764. The summed E-state index contributed by atoms with van der Waals surface area (Å²) in [6.07, 6.45) is 1.18. The van der Waals surface area contributed by atoms with E-state index in [0.29, 0.717) is 43.7 Å². The van der Waals surface area contributed by atoms with Gasteiger partial charge in [-0.25, -0.2) is 14.6 Å². The molecule has 2 aromatic rings. The Morgan fingerprint density at radius 2 is 1.97 bits per heavy atom. The average molecular weight is 417 g/mol. The van der Waals surface area contributed by atoms with Gasteiger partial charge in [0, 0.05) is 24.4 Å². The van der Waals surface area contributed by atoms with Gasteiger partial charge in [-0.3, -0.25) is 4.79 Å². The number of aromatic nitrogens is 1. The summed E-state index contributed by atoms with van der Waals surface area (Å²) < 4.78 is 4.75. The van der Waals surface area contributed by atoms with Crippen LogP contribution in [0.1, 0.15) is 33.9 Å². The van der Waals surface area contributed by atoms with Crippen LogP contribution in [0.25, 0.3) is 0 Å². The fourth-order valence-electron chi connectivity index (χ4n) is 3.23. The molecule has 1 aliphatic heterocycles. The van der Waals surface area contributed by atoms with Crippen molar-refractivity contribution in [3.05, 3.63) is 45.9 Å². The number of nitrogens with one attached hydrogen (secondary N) is 2. The van der Waals surface area contributed by atoms with Crippen molar-refractivity contribution in [3.8, 4) is 0 Å². The number of para-hydroxylation sites is 1. The minimum atomic E-state index is -0.508. The van der Waals surface area contributed by atoms with Gasteiger partial charge in [0.05, 0.1) is 35.6 Å². The molecule has 0 spiro atoms. The van der Waals surface area contributed by atoms with E-state index in [-0.39, 0.29) is 17.9 Å². The van der Waals surface area contributed by atoms with E-state index in [1.54, 1.807) is 40.5 Å². The van der Waals surface area contributed by atoms with E-state index in [1.807, 2.05) is 12.3 Å². The van der Waals surface area contributed by atoms with Crippen LogP contribution >= 0.6 is 11.3 Å². The summed E-state index contributed by atoms with van der Waals surface area (Å²) in [4.78, 5) is 42.8. The number of hydrogen-bond donors (Lipinski definition) is 2. The topological polar surface area (TPSA) is 101 Å². The van der Waals surface area contributed by atoms with Gasteiger partial charge in [-0.05, 0) is 31.9 Å².